The lowest BCUT2D eigenvalue weighted by Gasteiger charge is -2.18. The fourth-order valence-electron chi connectivity index (χ4n) is 7.08. The molecule has 0 aliphatic rings. The standard InChI is InChI=1S/C59H98O6/c1-4-7-10-13-16-19-22-25-27-29-31-32-34-37-40-43-46-49-52-58(61)64-55-56(54-63-57(60)51-48-45-42-39-36-24-21-18-15-12-9-6-3)65-59(62)53-50-47-44-41-38-35-33-30-28-26-23-20-17-14-11-8-5-2/h9,12,18,21-22,25-29,31-33,35,41,44,56H,4-8,10-11,13-17,19-20,23-24,30,34,36-40,42-43,45-55H2,1-3H3/b12-9-,21-18-,25-22-,28-26-,29-27-,32-31-,35-33-,44-41-. The van der Waals surface area contributed by atoms with Crippen molar-refractivity contribution in [3.63, 3.8) is 0 Å². The largest absolute Gasteiger partial charge is 0.462 e. The van der Waals surface area contributed by atoms with Crippen LogP contribution in [0, 0.1) is 0 Å². The van der Waals surface area contributed by atoms with E-state index in [4.69, 9.17) is 14.2 Å². The number of allylic oxidation sites excluding steroid dienone is 16. The van der Waals surface area contributed by atoms with Gasteiger partial charge in [-0.25, -0.2) is 0 Å². The number of carbonyl (C=O) groups is 3. The van der Waals surface area contributed by atoms with Crippen LogP contribution in [0.1, 0.15) is 239 Å². The molecule has 0 amide bonds. The Kier molecular flexibility index (Phi) is 50.0. The number of hydrogen-bond acceptors (Lipinski definition) is 6. The van der Waals surface area contributed by atoms with E-state index in [0.29, 0.717) is 19.3 Å². The fraction of sp³-hybridized carbons (Fsp3) is 0.678. The predicted molar refractivity (Wildman–Crippen MR) is 279 cm³/mol. The zero-order valence-corrected chi connectivity index (χ0v) is 42.2. The fourth-order valence-corrected chi connectivity index (χ4v) is 7.08. The molecule has 0 bridgehead atoms. The molecule has 0 heterocycles. The topological polar surface area (TPSA) is 78.9 Å². The van der Waals surface area contributed by atoms with Crippen LogP contribution in [0.2, 0.25) is 0 Å². The maximum Gasteiger partial charge on any atom is 0.306 e. The van der Waals surface area contributed by atoms with Crippen LogP contribution in [-0.4, -0.2) is 37.2 Å². The van der Waals surface area contributed by atoms with Crippen LogP contribution in [0.25, 0.3) is 0 Å². The molecule has 0 aromatic carbocycles. The second kappa shape index (κ2) is 52.9. The molecule has 1 unspecified atom stereocenters. The normalized spacial score (nSPS) is 12.8. The van der Waals surface area contributed by atoms with Crippen molar-refractivity contribution in [1.29, 1.82) is 0 Å². The molecule has 6 heteroatoms. The van der Waals surface area contributed by atoms with E-state index in [1.165, 1.54) is 77.0 Å². The molecule has 0 saturated heterocycles. The summed E-state index contributed by atoms with van der Waals surface area (Å²) >= 11 is 0. The van der Waals surface area contributed by atoms with Crippen LogP contribution in [0.15, 0.2) is 97.2 Å². The quantitative estimate of drug-likeness (QED) is 0.0199. The summed E-state index contributed by atoms with van der Waals surface area (Å²) in [4.78, 5) is 38.0. The van der Waals surface area contributed by atoms with E-state index in [-0.39, 0.29) is 37.5 Å². The number of unbranched alkanes of at least 4 members (excludes halogenated alkanes) is 22. The number of esters is 3. The van der Waals surface area contributed by atoms with Gasteiger partial charge < -0.3 is 14.2 Å². The van der Waals surface area contributed by atoms with Gasteiger partial charge in [-0.1, -0.05) is 214 Å². The Balaban J connectivity index is 4.51. The van der Waals surface area contributed by atoms with Crippen molar-refractivity contribution in [3.05, 3.63) is 97.2 Å². The van der Waals surface area contributed by atoms with Gasteiger partial charge in [0.25, 0.3) is 0 Å². The second-order valence-electron chi connectivity index (χ2n) is 17.5. The van der Waals surface area contributed by atoms with Crippen LogP contribution < -0.4 is 0 Å². The van der Waals surface area contributed by atoms with Gasteiger partial charge in [0.1, 0.15) is 13.2 Å². The summed E-state index contributed by atoms with van der Waals surface area (Å²) in [6, 6.07) is 0. The molecule has 0 aromatic heterocycles. The maximum atomic E-state index is 12.8. The van der Waals surface area contributed by atoms with Gasteiger partial charge in [-0.2, -0.15) is 0 Å². The van der Waals surface area contributed by atoms with Crippen molar-refractivity contribution in [2.24, 2.45) is 0 Å². The Bertz CT molecular complexity index is 1310. The lowest BCUT2D eigenvalue weighted by atomic mass is 10.1. The molecule has 65 heavy (non-hydrogen) atoms. The van der Waals surface area contributed by atoms with E-state index >= 15 is 0 Å². The van der Waals surface area contributed by atoms with Gasteiger partial charge in [0.15, 0.2) is 6.10 Å². The third kappa shape index (κ3) is 51.2. The third-order valence-electron chi connectivity index (χ3n) is 11.1. The Morgan fingerprint density at radius 1 is 0.338 bits per heavy atom. The van der Waals surface area contributed by atoms with Crippen molar-refractivity contribution in [2.45, 2.75) is 245 Å². The Hall–Kier alpha value is -3.67. The van der Waals surface area contributed by atoms with Crippen molar-refractivity contribution >= 4 is 17.9 Å². The molecule has 0 fully saturated rings. The van der Waals surface area contributed by atoms with E-state index in [9.17, 15) is 14.4 Å². The van der Waals surface area contributed by atoms with E-state index in [1.54, 1.807) is 0 Å². The summed E-state index contributed by atoms with van der Waals surface area (Å²) in [7, 11) is 0. The van der Waals surface area contributed by atoms with Crippen LogP contribution in [0.4, 0.5) is 0 Å². The zero-order chi connectivity index (χ0) is 47.2. The van der Waals surface area contributed by atoms with E-state index in [0.717, 1.165) is 116 Å². The lowest BCUT2D eigenvalue weighted by molar-refractivity contribution is -0.167. The number of rotatable bonds is 47. The molecule has 0 radical (unpaired) electrons. The van der Waals surface area contributed by atoms with Crippen molar-refractivity contribution in [1.82, 2.24) is 0 Å². The highest BCUT2D eigenvalue weighted by molar-refractivity contribution is 5.71. The third-order valence-corrected chi connectivity index (χ3v) is 11.1. The SMILES string of the molecule is CC/C=C\C/C=C\CCCCCCCC(=O)OCC(COC(=O)CCCCCCC\C=C/C=C\C=C/CCCCCCC)OC(=O)CCC/C=C\C/C=C\C/C=C\CCCCCCCC. The highest BCUT2D eigenvalue weighted by atomic mass is 16.6. The van der Waals surface area contributed by atoms with E-state index < -0.39 is 6.10 Å². The first-order valence-corrected chi connectivity index (χ1v) is 26.8. The van der Waals surface area contributed by atoms with Crippen molar-refractivity contribution in [3.8, 4) is 0 Å². The smallest absolute Gasteiger partial charge is 0.306 e. The summed E-state index contributed by atoms with van der Waals surface area (Å²) < 4.78 is 16.7. The minimum atomic E-state index is -0.819. The van der Waals surface area contributed by atoms with Crippen molar-refractivity contribution in [2.75, 3.05) is 13.2 Å². The van der Waals surface area contributed by atoms with Gasteiger partial charge in [0.2, 0.25) is 0 Å². The molecule has 0 aliphatic carbocycles. The predicted octanol–water partition coefficient (Wildman–Crippen LogP) is 17.8. The summed E-state index contributed by atoms with van der Waals surface area (Å²) in [5.74, 6) is -1.00. The molecule has 0 N–H and O–H groups in total. The first kappa shape index (κ1) is 61.3. The van der Waals surface area contributed by atoms with Gasteiger partial charge in [-0.15, -0.1) is 0 Å². The first-order valence-electron chi connectivity index (χ1n) is 26.8. The molecule has 0 saturated carbocycles. The molecule has 0 rings (SSSR count). The van der Waals surface area contributed by atoms with Gasteiger partial charge in [-0.05, 0) is 103 Å². The molecule has 0 aromatic rings. The van der Waals surface area contributed by atoms with Crippen LogP contribution >= 0.6 is 0 Å². The highest BCUT2D eigenvalue weighted by Gasteiger charge is 2.19. The molecule has 1 atom stereocenters. The maximum absolute atomic E-state index is 12.8. The van der Waals surface area contributed by atoms with E-state index in [1.807, 2.05) is 0 Å². The minimum absolute atomic E-state index is 0.113. The number of ether oxygens (including phenoxy) is 3. The minimum Gasteiger partial charge on any atom is -0.462 e. The zero-order valence-electron chi connectivity index (χ0n) is 42.2. The average Bonchev–Trinajstić information content (AvgIpc) is 3.30. The summed E-state index contributed by atoms with van der Waals surface area (Å²) in [5, 5.41) is 0. The van der Waals surface area contributed by atoms with Gasteiger partial charge in [0, 0.05) is 19.3 Å². The van der Waals surface area contributed by atoms with Crippen molar-refractivity contribution < 1.29 is 28.6 Å². The number of hydrogen-bond donors (Lipinski definition) is 0. The van der Waals surface area contributed by atoms with Crippen LogP contribution in [-0.2, 0) is 28.6 Å². The van der Waals surface area contributed by atoms with Crippen LogP contribution in [0.3, 0.4) is 0 Å². The van der Waals surface area contributed by atoms with Gasteiger partial charge >= 0.3 is 17.9 Å². The first-order chi connectivity index (χ1) is 32.0. The monoisotopic (exact) mass is 903 g/mol. The Labute approximate surface area is 400 Å². The highest BCUT2D eigenvalue weighted by Crippen LogP contribution is 2.13. The summed E-state index contributed by atoms with van der Waals surface area (Å²) in [5.41, 5.74) is 0. The molecule has 0 aliphatic heterocycles. The number of carbonyl (C=O) groups excluding carboxylic acids is 3. The second-order valence-corrected chi connectivity index (χ2v) is 17.5. The molecular formula is C59H98O6. The molecule has 6 nitrogen and oxygen atoms in total. The lowest BCUT2D eigenvalue weighted by Crippen LogP contribution is -2.30. The molecular weight excluding hydrogens is 805 g/mol. The van der Waals surface area contributed by atoms with E-state index in [2.05, 4.69) is 118 Å². The van der Waals surface area contributed by atoms with Gasteiger partial charge in [-0.3, -0.25) is 14.4 Å². The molecule has 370 valence electrons. The van der Waals surface area contributed by atoms with Gasteiger partial charge in [0.05, 0.1) is 0 Å². The summed E-state index contributed by atoms with van der Waals surface area (Å²) in [6.45, 7) is 6.43. The summed E-state index contributed by atoms with van der Waals surface area (Å²) in [6.07, 6.45) is 69.7. The molecule has 0 spiro atoms. The Morgan fingerprint density at radius 2 is 0.677 bits per heavy atom. The Morgan fingerprint density at radius 3 is 1.11 bits per heavy atom. The van der Waals surface area contributed by atoms with Crippen LogP contribution in [0.5, 0.6) is 0 Å². The average molecular weight is 903 g/mol.